The van der Waals surface area contributed by atoms with Crippen molar-refractivity contribution in [2.75, 3.05) is 13.2 Å². The monoisotopic (exact) mass is 251 g/mol. The highest BCUT2D eigenvalue weighted by Gasteiger charge is 2.26. The van der Waals surface area contributed by atoms with Crippen LogP contribution in [0.15, 0.2) is 12.3 Å². The van der Waals surface area contributed by atoms with Crippen LogP contribution in [0.2, 0.25) is 0 Å². The van der Waals surface area contributed by atoms with Crippen LogP contribution in [0.4, 0.5) is 0 Å². The Morgan fingerprint density at radius 1 is 1.33 bits per heavy atom. The Balaban J connectivity index is 1.69. The van der Waals surface area contributed by atoms with Gasteiger partial charge in [0.15, 0.2) is 0 Å². The molecule has 0 saturated heterocycles. The lowest BCUT2D eigenvalue weighted by Gasteiger charge is -2.27. The van der Waals surface area contributed by atoms with Crippen LogP contribution in [-0.2, 0) is 18.2 Å². The Morgan fingerprint density at radius 3 is 2.67 bits per heavy atom. The van der Waals surface area contributed by atoms with Crippen molar-refractivity contribution in [2.45, 2.75) is 50.5 Å². The van der Waals surface area contributed by atoms with Crippen molar-refractivity contribution in [1.82, 2.24) is 9.78 Å². The van der Waals surface area contributed by atoms with Crippen LogP contribution >= 0.6 is 0 Å². The molecule has 0 radical (unpaired) electrons. The maximum Gasteiger partial charge on any atom is 0.0646 e. The van der Waals surface area contributed by atoms with E-state index in [0.717, 1.165) is 25.9 Å². The molecule has 1 aliphatic carbocycles. The molecule has 1 aromatic heterocycles. The van der Waals surface area contributed by atoms with E-state index < -0.39 is 0 Å². The van der Waals surface area contributed by atoms with Crippen molar-refractivity contribution >= 4 is 0 Å². The lowest BCUT2D eigenvalue weighted by atomic mass is 9.93. The van der Waals surface area contributed by atoms with E-state index in [1.54, 1.807) is 0 Å². The van der Waals surface area contributed by atoms with E-state index >= 15 is 0 Å². The van der Waals surface area contributed by atoms with Crippen molar-refractivity contribution in [2.24, 2.45) is 12.8 Å². The van der Waals surface area contributed by atoms with Gasteiger partial charge in [0.25, 0.3) is 0 Å². The van der Waals surface area contributed by atoms with Gasteiger partial charge in [-0.25, -0.2) is 0 Å². The van der Waals surface area contributed by atoms with Crippen LogP contribution in [0.1, 0.15) is 44.2 Å². The summed E-state index contributed by atoms with van der Waals surface area (Å²) in [6.07, 6.45) is 10.1. The normalized spacial score (nSPS) is 19.7. The van der Waals surface area contributed by atoms with Gasteiger partial charge in [-0.15, -0.1) is 0 Å². The van der Waals surface area contributed by atoms with Crippen molar-refractivity contribution in [3.8, 4) is 0 Å². The van der Waals surface area contributed by atoms with Gasteiger partial charge in [0.1, 0.15) is 0 Å². The number of nitrogens with zero attached hydrogens (tertiary/aromatic N) is 2. The summed E-state index contributed by atoms with van der Waals surface area (Å²) in [6, 6.07) is 2.03. The molecular formula is C14H25N3O. The summed E-state index contributed by atoms with van der Waals surface area (Å²) in [5, 5.41) is 4.15. The predicted molar refractivity (Wildman–Crippen MR) is 72.4 cm³/mol. The molecule has 102 valence electrons. The average Bonchev–Trinajstić information content (AvgIpc) is 2.62. The molecule has 1 saturated carbocycles. The molecule has 0 aromatic carbocycles. The van der Waals surface area contributed by atoms with Gasteiger partial charge >= 0.3 is 0 Å². The summed E-state index contributed by atoms with van der Waals surface area (Å²) in [5.74, 6) is 0. The first-order chi connectivity index (χ1) is 8.70. The standard InChI is InChI=1S/C14H25N3O/c1-17-13(6-10-16-17)7-11-18-12-14(15)8-4-2-3-5-9-14/h6,10H,2-5,7-9,11-12,15H2,1H3. The van der Waals surface area contributed by atoms with Crippen molar-refractivity contribution in [3.63, 3.8) is 0 Å². The molecule has 0 bridgehead atoms. The number of rotatable bonds is 5. The number of hydrogen-bond donors (Lipinski definition) is 1. The quantitative estimate of drug-likeness (QED) is 0.643. The fraction of sp³-hybridized carbons (Fsp3) is 0.786. The van der Waals surface area contributed by atoms with Crippen LogP contribution in [0.25, 0.3) is 0 Å². The third kappa shape index (κ3) is 3.82. The first-order valence-electron chi connectivity index (χ1n) is 7.03. The molecule has 0 spiro atoms. The van der Waals surface area contributed by atoms with Crippen LogP contribution in [-0.4, -0.2) is 28.5 Å². The van der Waals surface area contributed by atoms with Crippen molar-refractivity contribution in [1.29, 1.82) is 0 Å². The molecule has 18 heavy (non-hydrogen) atoms. The van der Waals surface area contributed by atoms with Gasteiger partial charge in [-0.3, -0.25) is 4.68 Å². The molecule has 0 aliphatic heterocycles. The second kappa shape index (κ2) is 6.34. The Morgan fingerprint density at radius 2 is 2.06 bits per heavy atom. The smallest absolute Gasteiger partial charge is 0.0646 e. The van der Waals surface area contributed by atoms with Gasteiger partial charge in [0.2, 0.25) is 0 Å². The lowest BCUT2D eigenvalue weighted by Crippen LogP contribution is -2.44. The summed E-state index contributed by atoms with van der Waals surface area (Å²) >= 11 is 0. The molecule has 1 heterocycles. The Bertz CT molecular complexity index is 354. The molecule has 4 nitrogen and oxygen atoms in total. The number of nitrogens with two attached hydrogens (primary N) is 1. The third-order valence-corrected chi connectivity index (χ3v) is 3.91. The fourth-order valence-electron chi connectivity index (χ4n) is 2.68. The van der Waals surface area contributed by atoms with Crippen LogP contribution < -0.4 is 5.73 Å². The molecule has 2 rings (SSSR count). The highest BCUT2D eigenvalue weighted by Crippen LogP contribution is 2.25. The Labute approximate surface area is 110 Å². The highest BCUT2D eigenvalue weighted by molar-refractivity contribution is 4.99. The van der Waals surface area contributed by atoms with Gasteiger partial charge in [0.05, 0.1) is 13.2 Å². The van der Waals surface area contributed by atoms with E-state index in [1.807, 2.05) is 24.0 Å². The van der Waals surface area contributed by atoms with E-state index in [-0.39, 0.29) is 5.54 Å². The van der Waals surface area contributed by atoms with Crippen LogP contribution in [0.5, 0.6) is 0 Å². The third-order valence-electron chi connectivity index (χ3n) is 3.91. The minimum atomic E-state index is -0.0804. The zero-order chi connectivity index (χ0) is 12.8. The molecular weight excluding hydrogens is 226 g/mol. The zero-order valence-corrected chi connectivity index (χ0v) is 11.4. The molecule has 1 fully saturated rings. The topological polar surface area (TPSA) is 53.1 Å². The van der Waals surface area contributed by atoms with Gasteiger partial charge < -0.3 is 10.5 Å². The minimum Gasteiger partial charge on any atom is -0.379 e. The fourth-order valence-corrected chi connectivity index (χ4v) is 2.68. The largest absolute Gasteiger partial charge is 0.379 e. The maximum absolute atomic E-state index is 6.41. The summed E-state index contributed by atoms with van der Waals surface area (Å²) in [4.78, 5) is 0. The number of aryl methyl sites for hydroxylation is 1. The zero-order valence-electron chi connectivity index (χ0n) is 11.4. The van der Waals surface area contributed by atoms with E-state index in [4.69, 9.17) is 10.5 Å². The first-order valence-corrected chi connectivity index (χ1v) is 7.03. The number of hydrogen-bond acceptors (Lipinski definition) is 3. The molecule has 1 aliphatic rings. The van der Waals surface area contributed by atoms with Crippen LogP contribution in [0, 0.1) is 0 Å². The summed E-state index contributed by atoms with van der Waals surface area (Å²) < 4.78 is 7.69. The van der Waals surface area contributed by atoms with Crippen LogP contribution in [0.3, 0.4) is 0 Å². The SMILES string of the molecule is Cn1nccc1CCOCC1(N)CCCCCC1. The maximum atomic E-state index is 6.41. The molecule has 0 atom stereocenters. The van der Waals surface area contributed by atoms with Gasteiger partial charge in [-0.2, -0.15) is 5.10 Å². The Kier molecular flexibility index (Phi) is 4.78. The van der Waals surface area contributed by atoms with E-state index in [1.165, 1.54) is 31.4 Å². The summed E-state index contributed by atoms with van der Waals surface area (Å²) in [6.45, 7) is 1.43. The summed E-state index contributed by atoms with van der Waals surface area (Å²) in [7, 11) is 1.96. The Hall–Kier alpha value is -0.870. The predicted octanol–water partition coefficient (Wildman–Crippen LogP) is 2.03. The van der Waals surface area contributed by atoms with E-state index in [2.05, 4.69) is 5.10 Å². The molecule has 0 amide bonds. The van der Waals surface area contributed by atoms with Gasteiger partial charge in [-0.1, -0.05) is 25.7 Å². The summed E-state index contributed by atoms with van der Waals surface area (Å²) in [5.41, 5.74) is 7.54. The highest BCUT2D eigenvalue weighted by atomic mass is 16.5. The molecule has 2 N–H and O–H groups in total. The van der Waals surface area contributed by atoms with E-state index in [9.17, 15) is 0 Å². The van der Waals surface area contributed by atoms with Crippen molar-refractivity contribution in [3.05, 3.63) is 18.0 Å². The average molecular weight is 251 g/mol. The molecule has 0 unspecified atom stereocenters. The first kappa shape index (κ1) is 13.6. The molecule has 1 aromatic rings. The minimum absolute atomic E-state index is 0.0804. The number of aromatic nitrogens is 2. The number of ether oxygens (including phenoxy) is 1. The second-order valence-corrected chi connectivity index (χ2v) is 5.53. The second-order valence-electron chi connectivity index (χ2n) is 5.53. The van der Waals surface area contributed by atoms with Gasteiger partial charge in [-0.05, 0) is 18.9 Å². The lowest BCUT2D eigenvalue weighted by molar-refractivity contribution is 0.0792. The van der Waals surface area contributed by atoms with Crippen molar-refractivity contribution < 1.29 is 4.74 Å². The van der Waals surface area contributed by atoms with E-state index in [0.29, 0.717) is 6.61 Å². The van der Waals surface area contributed by atoms with Gasteiger partial charge in [0, 0.05) is 30.9 Å². The molecule has 4 heteroatoms.